The summed E-state index contributed by atoms with van der Waals surface area (Å²) < 4.78 is 37.5. The smallest absolute Gasteiger partial charge is 0.270 e. The van der Waals surface area contributed by atoms with Crippen molar-refractivity contribution in [1.29, 1.82) is 0 Å². The zero-order chi connectivity index (χ0) is 22.8. The van der Waals surface area contributed by atoms with Crippen molar-refractivity contribution in [2.45, 2.75) is 4.90 Å². The number of halogens is 2. The Kier molecular flexibility index (Phi) is 6.78. The van der Waals surface area contributed by atoms with E-state index in [4.69, 9.17) is 32.7 Å². The highest BCUT2D eigenvalue weighted by molar-refractivity contribution is 7.89. The maximum atomic E-state index is 13.3. The largest absolute Gasteiger partial charge is 0.496 e. The fourth-order valence-electron chi connectivity index (χ4n) is 2.97. The van der Waals surface area contributed by atoms with Crippen LogP contribution in [0.15, 0.2) is 46.9 Å². The first-order valence-corrected chi connectivity index (χ1v) is 11.1. The fourth-order valence-corrected chi connectivity index (χ4v) is 4.81. The number of ether oxygens (including phenoxy) is 2. The summed E-state index contributed by atoms with van der Waals surface area (Å²) >= 11 is 12.0. The molecule has 8 nitrogen and oxygen atoms in total. The quantitative estimate of drug-likeness (QED) is 0.654. The SMILES string of the molecule is COc1ccc(Cl)cc1/C=C1\CNC(=O)CN(S(=O)(=O)c2ccc(Cl)cc2OC)C1=O. The summed E-state index contributed by atoms with van der Waals surface area (Å²) in [6.45, 7) is -0.853. The van der Waals surface area contributed by atoms with Gasteiger partial charge in [-0.05, 0) is 36.4 Å². The number of hydrogen-bond acceptors (Lipinski definition) is 6. The van der Waals surface area contributed by atoms with Crippen LogP contribution in [0.5, 0.6) is 11.5 Å². The molecule has 2 aromatic rings. The first-order chi connectivity index (χ1) is 14.7. The molecule has 164 valence electrons. The highest BCUT2D eigenvalue weighted by Crippen LogP contribution is 2.31. The normalized spacial score (nSPS) is 16.1. The second-order valence-corrected chi connectivity index (χ2v) is 9.15. The maximum absolute atomic E-state index is 13.3. The van der Waals surface area contributed by atoms with Crippen LogP contribution >= 0.6 is 23.2 Å². The zero-order valence-electron chi connectivity index (χ0n) is 16.5. The molecule has 2 amide bonds. The van der Waals surface area contributed by atoms with E-state index >= 15 is 0 Å². The second-order valence-electron chi connectivity index (χ2n) is 6.44. The lowest BCUT2D eigenvalue weighted by molar-refractivity contribution is -0.127. The van der Waals surface area contributed by atoms with Crippen molar-refractivity contribution in [2.24, 2.45) is 0 Å². The van der Waals surface area contributed by atoms with Gasteiger partial charge in [-0.25, -0.2) is 12.7 Å². The van der Waals surface area contributed by atoms with E-state index in [2.05, 4.69) is 5.32 Å². The van der Waals surface area contributed by atoms with Crippen LogP contribution in [0.3, 0.4) is 0 Å². The van der Waals surface area contributed by atoms with Crippen molar-refractivity contribution in [3.8, 4) is 11.5 Å². The molecule has 11 heteroatoms. The first-order valence-electron chi connectivity index (χ1n) is 8.88. The lowest BCUT2D eigenvalue weighted by Crippen LogP contribution is -2.40. The van der Waals surface area contributed by atoms with E-state index < -0.39 is 28.4 Å². The summed E-state index contributed by atoms with van der Waals surface area (Å²) in [5.74, 6) is -1.12. The minimum absolute atomic E-state index is 0.0305. The third-order valence-electron chi connectivity index (χ3n) is 4.48. The maximum Gasteiger partial charge on any atom is 0.270 e. The Morgan fingerprint density at radius 2 is 1.65 bits per heavy atom. The first kappa shape index (κ1) is 22.9. The number of rotatable bonds is 5. The van der Waals surface area contributed by atoms with E-state index in [-0.39, 0.29) is 27.8 Å². The van der Waals surface area contributed by atoms with Gasteiger partial charge in [-0.2, -0.15) is 0 Å². The Morgan fingerprint density at radius 3 is 2.32 bits per heavy atom. The molecule has 0 aromatic heterocycles. The molecule has 3 rings (SSSR count). The third-order valence-corrected chi connectivity index (χ3v) is 6.72. The highest BCUT2D eigenvalue weighted by Gasteiger charge is 2.37. The van der Waals surface area contributed by atoms with Crippen molar-refractivity contribution >= 4 is 51.1 Å². The standard InChI is InChI=1S/C20H18Cl2N2O6S/c1-29-16-5-3-14(21)8-12(16)7-13-10-23-19(25)11-24(20(13)26)31(27,28)18-6-4-15(22)9-17(18)30-2/h3-9H,10-11H2,1-2H3,(H,23,25)/b13-7+. The Hall–Kier alpha value is -2.75. The minimum atomic E-state index is -4.43. The minimum Gasteiger partial charge on any atom is -0.496 e. The molecule has 2 aromatic carbocycles. The summed E-state index contributed by atoms with van der Waals surface area (Å²) in [7, 11) is -1.71. The van der Waals surface area contributed by atoms with Crippen LogP contribution < -0.4 is 14.8 Å². The Labute approximate surface area is 189 Å². The number of carbonyl (C=O) groups is 2. The van der Waals surface area contributed by atoms with Crippen molar-refractivity contribution < 1.29 is 27.5 Å². The van der Waals surface area contributed by atoms with Gasteiger partial charge < -0.3 is 14.8 Å². The fraction of sp³-hybridized carbons (Fsp3) is 0.200. The van der Waals surface area contributed by atoms with Gasteiger partial charge in [0.25, 0.3) is 15.9 Å². The lowest BCUT2D eigenvalue weighted by Gasteiger charge is -2.21. The van der Waals surface area contributed by atoms with Crippen LogP contribution in [-0.4, -0.2) is 51.8 Å². The molecule has 1 aliphatic rings. The van der Waals surface area contributed by atoms with Crippen LogP contribution in [-0.2, 0) is 19.6 Å². The summed E-state index contributed by atoms with van der Waals surface area (Å²) in [6, 6.07) is 8.67. The Morgan fingerprint density at radius 1 is 1.00 bits per heavy atom. The molecule has 0 aliphatic carbocycles. The van der Waals surface area contributed by atoms with Gasteiger partial charge in [0.15, 0.2) is 0 Å². The topological polar surface area (TPSA) is 102 Å². The van der Waals surface area contributed by atoms with Crippen molar-refractivity contribution in [3.05, 3.63) is 57.6 Å². The lowest BCUT2D eigenvalue weighted by atomic mass is 10.1. The van der Waals surface area contributed by atoms with Gasteiger partial charge in [0, 0.05) is 33.8 Å². The summed E-state index contributed by atoms with van der Waals surface area (Å²) in [4.78, 5) is 25.1. The zero-order valence-corrected chi connectivity index (χ0v) is 18.8. The highest BCUT2D eigenvalue weighted by atomic mass is 35.5. The second kappa shape index (κ2) is 9.17. The van der Waals surface area contributed by atoms with Gasteiger partial charge in [-0.1, -0.05) is 23.2 Å². The number of nitrogens with zero attached hydrogens (tertiary/aromatic N) is 1. The van der Waals surface area contributed by atoms with Crippen LogP contribution in [0, 0.1) is 0 Å². The summed E-state index contributed by atoms with van der Waals surface area (Å²) in [5.41, 5.74) is 0.485. The molecule has 0 spiro atoms. The predicted molar refractivity (Wildman–Crippen MR) is 116 cm³/mol. The van der Waals surface area contributed by atoms with Crippen LogP contribution in [0.4, 0.5) is 0 Å². The molecular weight excluding hydrogens is 467 g/mol. The monoisotopic (exact) mass is 484 g/mol. The van der Waals surface area contributed by atoms with Gasteiger partial charge in [0.1, 0.15) is 22.9 Å². The molecular formula is C20H18Cl2N2O6S. The van der Waals surface area contributed by atoms with Crippen LogP contribution in [0.25, 0.3) is 6.08 Å². The van der Waals surface area contributed by atoms with Crippen molar-refractivity contribution in [1.82, 2.24) is 9.62 Å². The molecule has 31 heavy (non-hydrogen) atoms. The molecule has 1 aliphatic heterocycles. The number of nitrogens with one attached hydrogen (secondary N) is 1. The van der Waals surface area contributed by atoms with E-state index in [1.54, 1.807) is 18.2 Å². The van der Waals surface area contributed by atoms with Gasteiger partial charge >= 0.3 is 0 Å². The molecule has 0 saturated carbocycles. The molecule has 1 fully saturated rings. The number of carbonyl (C=O) groups excluding carboxylic acids is 2. The van der Waals surface area contributed by atoms with E-state index in [0.717, 1.165) is 0 Å². The van der Waals surface area contributed by atoms with Gasteiger partial charge in [0.2, 0.25) is 5.91 Å². The van der Waals surface area contributed by atoms with Crippen molar-refractivity contribution in [2.75, 3.05) is 27.3 Å². The Bertz CT molecular complexity index is 1180. The van der Waals surface area contributed by atoms with Gasteiger partial charge in [0.05, 0.1) is 14.2 Å². The van der Waals surface area contributed by atoms with Crippen LogP contribution in [0.2, 0.25) is 10.0 Å². The van der Waals surface area contributed by atoms with E-state index in [0.29, 0.717) is 20.6 Å². The number of sulfonamides is 1. The van der Waals surface area contributed by atoms with E-state index in [1.807, 2.05) is 0 Å². The molecule has 1 saturated heterocycles. The molecule has 0 bridgehead atoms. The van der Waals surface area contributed by atoms with Crippen molar-refractivity contribution in [3.63, 3.8) is 0 Å². The summed E-state index contributed by atoms with van der Waals surface area (Å²) in [5, 5.41) is 3.18. The number of methoxy groups -OCH3 is 2. The van der Waals surface area contributed by atoms with Gasteiger partial charge in [-0.15, -0.1) is 0 Å². The van der Waals surface area contributed by atoms with E-state index in [1.165, 1.54) is 38.5 Å². The summed E-state index contributed by atoms with van der Waals surface area (Å²) in [6.07, 6.45) is 1.43. The Balaban J connectivity index is 2.10. The van der Waals surface area contributed by atoms with Gasteiger partial charge in [-0.3, -0.25) is 9.59 Å². The predicted octanol–water partition coefficient (Wildman–Crippen LogP) is 2.74. The third kappa shape index (κ3) is 4.79. The van der Waals surface area contributed by atoms with E-state index in [9.17, 15) is 18.0 Å². The molecule has 0 unspecified atom stereocenters. The average Bonchev–Trinajstić information content (AvgIpc) is 2.87. The number of benzene rings is 2. The molecule has 1 heterocycles. The average molecular weight is 485 g/mol. The molecule has 0 atom stereocenters. The number of hydrogen-bond donors (Lipinski definition) is 1. The molecule has 1 N–H and O–H groups in total. The number of amides is 2. The molecule has 0 radical (unpaired) electrons. The van der Waals surface area contributed by atoms with Crippen LogP contribution in [0.1, 0.15) is 5.56 Å².